The molecule has 1 radical (unpaired) electrons. The van der Waals surface area contributed by atoms with Crippen LogP contribution in [0.1, 0.15) is 0 Å². The standard InChI is InChI=1S/C6H7FNO/c1-8-5-3-2-4-6(8,7)9/h2-5H,1H3. The molecule has 0 amide bonds. The Morgan fingerprint density at radius 3 is 2.56 bits per heavy atom. The average Bonchev–Trinajstić information content (AvgIpc) is 1.77. The Hall–Kier alpha value is -0.830. The summed E-state index contributed by atoms with van der Waals surface area (Å²) in [7, 11) is 1.40. The number of allylic oxidation sites excluding steroid dienone is 2. The molecule has 1 atom stereocenters. The van der Waals surface area contributed by atoms with Gasteiger partial charge in [0.15, 0.2) is 0 Å². The van der Waals surface area contributed by atoms with Gasteiger partial charge >= 0.3 is 5.98 Å². The zero-order valence-electron chi connectivity index (χ0n) is 5.04. The van der Waals surface area contributed by atoms with Gasteiger partial charge in [0, 0.05) is 19.3 Å². The van der Waals surface area contributed by atoms with Crippen molar-refractivity contribution in [3.05, 3.63) is 24.4 Å². The smallest absolute Gasteiger partial charge is 0.321 e. The number of nitrogens with zero attached hydrogens (tertiary/aromatic N) is 1. The van der Waals surface area contributed by atoms with Gasteiger partial charge in [-0.25, -0.2) is 0 Å². The molecule has 0 bridgehead atoms. The van der Waals surface area contributed by atoms with Crippen molar-refractivity contribution < 1.29 is 9.50 Å². The molecular formula is C6H7FNO. The molecule has 0 aromatic carbocycles. The number of rotatable bonds is 0. The number of alkyl halides is 1. The molecule has 2 nitrogen and oxygen atoms in total. The average molecular weight is 128 g/mol. The minimum atomic E-state index is -2.55. The van der Waals surface area contributed by atoms with Crippen LogP contribution in [0, 0.1) is 0 Å². The summed E-state index contributed by atoms with van der Waals surface area (Å²) >= 11 is 0. The van der Waals surface area contributed by atoms with E-state index in [1.54, 1.807) is 6.08 Å². The van der Waals surface area contributed by atoms with E-state index >= 15 is 0 Å². The number of halogens is 1. The van der Waals surface area contributed by atoms with E-state index in [1.165, 1.54) is 19.3 Å². The van der Waals surface area contributed by atoms with E-state index in [0.29, 0.717) is 0 Å². The van der Waals surface area contributed by atoms with Crippen molar-refractivity contribution in [2.24, 2.45) is 0 Å². The van der Waals surface area contributed by atoms with Crippen LogP contribution in [0.3, 0.4) is 0 Å². The Morgan fingerprint density at radius 1 is 1.56 bits per heavy atom. The topological polar surface area (TPSA) is 23.1 Å². The summed E-state index contributed by atoms with van der Waals surface area (Å²) < 4.78 is 12.5. The summed E-state index contributed by atoms with van der Waals surface area (Å²) in [5.74, 6) is -2.55. The van der Waals surface area contributed by atoms with Gasteiger partial charge in [0.2, 0.25) is 0 Å². The van der Waals surface area contributed by atoms with E-state index in [4.69, 9.17) is 0 Å². The molecular weight excluding hydrogens is 121 g/mol. The third-order valence-electron chi connectivity index (χ3n) is 1.20. The van der Waals surface area contributed by atoms with Gasteiger partial charge in [-0.15, -0.1) is 0 Å². The normalized spacial score (nSPS) is 33.4. The SMILES string of the molecule is CN1C=CC=CC1([O])F. The Balaban J connectivity index is 2.78. The van der Waals surface area contributed by atoms with Crippen molar-refractivity contribution >= 4 is 0 Å². The second kappa shape index (κ2) is 1.84. The number of hydrogen-bond donors (Lipinski definition) is 0. The lowest BCUT2D eigenvalue weighted by molar-refractivity contribution is -0.185. The molecule has 0 spiro atoms. The summed E-state index contributed by atoms with van der Waals surface area (Å²) in [4.78, 5) is 0.965. The predicted octanol–water partition coefficient (Wildman–Crippen LogP) is 1.06. The van der Waals surface area contributed by atoms with Crippen LogP contribution in [0.5, 0.6) is 0 Å². The fourth-order valence-electron chi connectivity index (χ4n) is 0.572. The third-order valence-corrected chi connectivity index (χ3v) is 1.20. The molecule has 0 aromatic rings. The molecule has 9 heavy (non-hydrogen) atoms. The van der Waals surface area contributed by atoms with Crippen LogP contribution in [0.4, 0.5) is 4.39 Å². The van der Waals surface area contributed by atoms with Crippen LogP contribution >= 0.6 is 0 Å². The highest BCUT2D eigenvalue weighted by atomic mass is 19.2. The molecule has 3 heteroatoms. The Morgan fingerprint density at radius 2 is 2.22 bits per heavy atom. The zero-order chi connectivity index (χ0) is 6.91. The van der Waals surface area contributed by atoms with Crippen molar-refractivity contribution in [1.82, 2.24) is 4.90 Å². The van der Waals surface area contributed by atoms with Gasteiger partial charge in [0.25, 0.3) is 0 Å². The van der Waals surface area contributed by atoms with Crippen molar-refractivity contribution in [3.63, 3.8) is 0 Å². The molecule has 1 unspecified atom stereocenters. The summed E-state index contributed by atoms with van der Waals surface area (Å²) in [6.45, 7) is 0. The lowest BCUT2D eigenvalue weighted by Gasteiger charge is -2.24. The van der Waals surface area contributed by atoms with E-state index in [9.17, 15) is 9.50 Å². The molecule has 0 aromatic heterocycles. The molecule has 0 aliphatic carbocycles. The molecule has 1 rings (SSSR count). The van der Waals surface area contributed by atoms with Crippen molar-refractivity contribution in [2.75, 3.05) is 7.05 Å². The molecule has 1 aliphatic heterocycles. The third kappa shape index (κ3) is 1.10. The molecule has 1 heterocycles. The van der Waals surface area contributed by atoms with Crippen LogP contribution in [-0.4, -0.2) is 17.9 Å². The summed E-state index contributed by atoms with van der Waals surface area (Å²) in [6.07, 6.45) is 5.36. The predicted molar refractivity (Wildman–Crippen MR) is 30.6 cm³/mol. The first-order valence-electron chi connectivity index (χ1n) is 2.61. The van der Waals surface area contributed by atoms with Gasteiger partial charge in [-0.2, -0.15) is 9.50 Å². The number of hydrogen-bond acceptors (Lipinski definition) is 1. The van der Waals surface area contributed by atoms with E-state index < -0.39 is 5.98 Å². The number of likely N-dealkylation sites (N-methyl/N-ethyl adjacent to an activating group) is 1. The van der Waals surface area contributed by atoms with Crippen LogP contribution < -0.4 is 0 Å². The Kier molecular flexibility index (Phi) is 1.29. The second-order valence-corrected chi connectivity index (χ2v) is 1.92. The summed E-state index contributed by atoms with van der Waals surface area (Å²) in [5, 5.41) is 10.6. The molecule has 0 fully saturated rings. The fraction of sp³-hybridized carbons (Fsp3) is 0.333. The van der Waals surface area contributed by atoms with Gasteiger partial charge in [0.1, 0.15) is 0 Å². The van der Waals surface area contributed by atoms with Crippen LogP contribution in [0.15, 0.2) is 24.4 Å². The van der Waals surface area contributed by atoms with Crippen LogP contribution in [0.25, 0.3) is 0 Å². The quantitative estimate of drug-likeness (QED) is 0.447. The van der Waals surface area contributed by atoms with Gasteiger partial charge in [-0.1, -0.05) is 6.08 Å². The van der Waals surface area contributed by atoms with E-state index in [2.05, 4.69) is 0 Å². The lowest BCUT2D eigenvalue weighted by atomic mass is 10.3. The van der Waals surface area contributed by atoms with Crippen molar-refractivity contribution in [1.29, 1.82) is 0 Å². The Bertz CT molecular complexity index is 162. The Labute approximate surface area is 52.9 Å². The summed E-state index contributed by atoms with van der Waals surface area (Å²) in [5.41, 5.74) is 0. The van der Waals surface area contributed by atoms with Crippen LogP contribution in [0.2, 0.25) is 0 Å². The summed E-state index contributed by atoms with van der Waals surface area (Å²) in [6, 6.07) is 0. The maximum absolute atomic E-state index is 12.5. The zero-order valence-corrected chi connectivity index (χ0v) is 5.04. The van der Waals surface area contributed by atoms with Gasteiger partial charge in [0.05, 0.1) is 0 Å². The van der Waals surface area contributed by atoms with Gasteiger partial charge in [-0.05, 0) is 6.08 Å². The maximum Gasteiger partial charge on any atom is 0.337 e. The van der Waals surface area contributed by atoms with Crippen molar-refractivity contribution in [2.45, 2.75) is 5.98 Å². The first-order chi connectivity index (χ1) is 4.13. The highest BCUT2D eigenvalue weighted by Crippen LogP contribution is 2.17. The monoisotopic (exact) mass is 128 g/mol. The van der Waals surface area contributed by atoms with E-state index in [-0.39, 0.29) is 0 Å². The maximum atomic E-state index is 12.5. The van der Waals surface area contributed by atoms with Gasteiger partial charge in [-0.3, -0.25) is 0 Å². The van der Waals surface area contributed by atoms with E-state index in [0.717, 1.165) is 11.0 Å². The first kappa shape index (κ1) is 6.29. The largest absolute Gasteiger partial charge is 0.337 e. The highest BCUT2D eigenvalue weighted by Gasteiger charge is 2.29. The molecule has 0 saturated heterocycles. The molecule has 49 valence electrons. The van der Waals surface area contributed by atoms with E-state index in [1.807, 2.05) is 0 Å². The minimum absolute atomic E-state index is 0.965. The van der Waals surface area contributed by atoms with Gasteiger partial charge < -0.3 is 4.90 Å². The highest BCUT2D eigenvalue weighted by molar-refractivity contribution is 5.12. The second-order valence-electron chi connectivity index (χ2n) is 1.92. The lowest BCUT2D eigenvalue weighted by Crippen LogP contribution is -2.36. The molecule has 0 saturated carbocycles. The van der Waals surface area contributed by atoms with Crippen molar-refractivity contribution in [3.8, 4) is 0 Å². The fourth-order valence-corrected chi connectivity index (χ4v) is 0.572. The minimum Gasteiger partial charge on any atom is -0.321 e. The molecule has 0 N–H and O–H groups in total. The first-order valence-corrected chi connectivity index (χ1v) is 2.61. The molecule has 1 aliphatic rings. The van der Waals surface area contributed by atoms with Crippen LogP contribution in [-0.2, 0) is 5.11 Å².